The van der Waals surface area contributed by atoms with Crippen molar-refractivity contribution in [2.75, 3.05) is 18.5 Å². The van der Waals surface area contributed by atoms with Crippen LogP contribution in [0.4, 0.5) is 10.5 Å². The van der Waals surface area contributed by atoms with Crippen LogP contribution in [0.2, 0.25) is 0 Å². The van der Waals surface area contributed by atoms with Crippen LogP contribution in [0.25, 0.3) is 0 Å². The average molecular weight is 278 g/mol. The molecule has 0 aliphatic heterocycles. The molecule has 110 valence electrons. The number of aliphatic carboxylic acids is 1. The molecule has 0 fully saturated rings. The molecule has 1 rings (SSSR count). The summed E-state index contributed by atoms with van der Waals surface area (Å²) >= 11 is 0. The molecule has 1 unspecified atom stereocenters. The first kappa shape index (κ1) is 16.0. The van der Waals surface area contributed by atoms with Gasteiger partial charge in [0.25, 0.3) is 0 Å². The highest BCUT2D eigenvalue weighted by Gasteiger charge is 2.13. The minimum Gasteiger partial charge on any atom is -0.481 e. The van der Waals surface area contributed by atoms with Gasteiger partial charge in [-0.1, -0.05) is 26.0 Å². The average Bonchev–Trinajstić information content (AvgIpc) is 2.46. The van der Waals surface area contributed by atoms with Crippen molar-refractivity contribution in [1.82, 2.24) is 5.32 Å². The van der Waals surface area contributed by atoms with Crippen LogP contribution in [0.1, 0.15) is 25.8 Å². The van der Waals surface area contributed by atoms with Crippen molar-refractivity contribution in [3.8, 4) is 0 Å². The molecular weight excluding hydrogens is 256 g/mol. The van der Waals surface area contributed by atoms with Crippen LogP contribution in [0, 0.1) is 5.92 Å². The van der Waals surface area contributed by atoms with Gasteiger partial charge in [-0.05, 0) is 30.5 Å². The number of aryl methyl sites for hydroxylation is 1. The molecule has 0 saturated carbocycles. The van der Waals surface area contributed by atoms with Crippen molar-refractivity contribution in [2.24, 2.45) is 5.92 Å². The molecule has 0 aliphatic carbocycles. The number of benzene rings is 1. The van der Waals surface area contributed by atoms with E-state index in [0.717, 1.165) is 12.1 Å². The highest BCUT2D eigenvalue weighted by Crippen LogP contribution is 2.14. The molecule has 1 aromatic rings. The molecule has 2 amide bonds. The topological polar surface area (TPSA) is 69.6 Å². The van der Waals surface area contributed by atoms with E-state index < -0.39 is 11.9 Å². The second-order valence-electron chi connectivity index (χ2n) is 4.84. The van der Waals surface area contributed by atoms with Crippen LogP contribution in [-0.2, 0) is 11.2 Å². The third-order valence-electron chi connectivity index (χ3n) is 3.31. The summed E-state index contributed by atoms with van der Waals surface area (Å²) in [6, 6.07) is 7.56. The van der Waals surface area contributed by atoms with Gasteiger partial charge in [0.05, 0.1) is 5.92 Å². The van der Waals surface area contributed by atoms with Crippen molar-refractivity contribution in [2.45, 2.75) is 26.7 Å². The number of urea groups is 1. The molecule has 0 radical (unpaired) electrons. The van der Waals surface area contributed by atoms with Gasteiger partial charge in [0.2, 0.25) is 0 Å². The van der Waals surface area contributed by atoms with Crippen molar-refractivity contribution in [3.63, 3.8) is 0 Å². The van der Waals surface area contributed by atoms with E-state index in [4.69, 9.17) is 5.11 Å². The Morgan fingerprint density at radius 2 is 1.90 bits per heavy atom. The second-order valence-corrected chi connectivity index (χ2v) is 4.84. The lowest BCUT2D eigenvalue weighted by Crippen LogP contribution is -2.38. The van der Waals surface area contributed by atoms with E-state index in [-0.39, 0.29) is 6.03 Å². The molecule has 2 N–H and O–H groups in total. The minimum atomic E-state index is -0.845. The van der Waals surface area contributed by atoms with Gasteiger partial charge in [-0.2, -0.15) is 0 Å². The van der Waals surface area contributed by atoms with Crippen LogP contribution in [0.15, 0.2) is 24.3 Å². The summed E-state index contributed by atoms with van der Waals surface area (Å²) in [5, 5.41) is 11.5. The predicted octanol–water partition coefficient (Wildman–Crippen LogP) is 2.51. The Morgan fingerprint density at radius 1 is 1.30 bits per heavy atom. The molecule has 0 aromatic heterocycles. The quantitative estimate of drug-likeness (QED) is 0.840. The van der Waals surface area contributed by atoms with Crippen molar-refractivity contribution in [3.05, 3.63) is 29.8 Å². The molecule has 0 heterocycles. The van der Waals surface area contributed by atoms with Crippen molar-refractivity contribution >= 4 is 17.7 Å². The first-order valence-electron chi connectivity index (χ1n) is 6.79. The van der Waals surface area contributed by atoms with E-state index >= 15 is 0 Å². The molecule has 1 atom stereocenters. The van der Waals surface area contributed by atoms with Crippen LogP contribution >= 0.6 is 0 Å². The lowest BCUT2D eigenvalue weighted by Gasteiger charge is -2.18. The number of nitrogens with zero attached hydrogens (tertiary/aromatic N) is 1. The third-order valence-corrected chi connectivity index (χ3v) is 3.31. The maximum Gasteiger partial charge on any atom is 0.321 e. The summed E-state index contributed by atoms with van der Waals surface area (Å²) in [5.41, 5.74) is 2.03. The molecule has 20 heavy (non-hydrogen) atoms. The second kappa shape index (κ2) is 7.53. The predicted molar refractivity (Wildman–Crippen MR) is 79.0 cm³/mol. The van der Waals surface area contributed by atoms with E-state index in [1.165, 1.54) is 10.5 Å². The zero-order chi connectivity index (χ0) is 15.1. The summed E-state index contributed by atoms with van der Waals surface area (Å²) in [6.45, 7) is 4.06. The Morgan fingerprint density at radius 3 is 2.40 bits per heavy atom. The van der Waals surface area contributed by atoms with Crippen LogP contribution in [0.5, 0.6) is 0 Å². The molecular formula is C15H22N2O3. The van der Waals surface area contributed by atoms with Crippen molar-refractivity contribution in [1.29, 1.82) is 0 Å². The number of carbonyl (C=O) groups excluding carboxylic acids is 1. The normalized spacial score (nSPS) is 11.8. The molecule has 5 heteroatoms. The Balaban J connectivity index is 2.47. The van der Waals surface area contributed by atoms with Gasteiger partial charge in [-0.15, -0.1) is 0 Å². The van der Waals surface area contributed by atoms with Crippen LogP contribution in [-0.4, -0.2) is 30.7 Å². The Labute approximate surface area is 119 Å². The maximum absolute atomic E-state index is 11.9. The molecule has 0 bridgehead atoms. The fraction of sp³-hybridized carbons (Fsp3) is 0.467. The van der Waals surface area contributed by atoms with Gasteiger partial charge in [-0.25, -0.2) is 4.79 Å². The van der Waals surface area contributed by atoms with Gasteiger partial charge in [0.15, 0.2) is 0 Å². The highest BCUT2D eigenvalue weighted by atomic mass is 16.4. The highest BCUT2D eigenvalue weighted by molar-refractivity contribution is 5.91. The molecule has 5 nitrogen and oxygen atoms in total. The smallest absolute Gasteiger partial charge is 0.321 e. The zero-order valence-electron chi connectivity index (χ0n) is 12.2. The molecule has 0 aliphatic rings. The van der Waals surface area contributed by atoms with Gasteiger partial charge in [-0.3, -0.25) is 9.69 Å². The summed E-state index contributed by atoms with van der Waals surface area (Å²) in [4.78, 5) is 24.1. The number of anilines is 1. The lowest BCUT2D eigenvalue weighted by molar-refractivity contribution is -0.141. The van der Waals surface area contributed by atoms with Crippen LogP contribution < -0.4 is 10.2 Å². The monoisotopic (exact) mass is 278 g/mol. The standard InChI is InChI=1S/C15H22N2O3/c1-4-12-5-7-13(8-6-12)17(3)15(20)16-10-9-11(2)14(18)19/h5-8,11H,4,9-10H2,1-3H3,(H,16,20)(H,18,19). The maximum atomic E-state index is 11.9. The lowest BCUT2D eigenvalue weighted by atomic mass is 10.1. The summed E-state index contributed by atoms with van der Waals surface area (Å²) in [5.74, 6) is -1.30. The van der Waals surface area contributed by atoms with Crippen molar-refractivity contribution < 1.29 is 14.7 Å². The third kappa shape index (κ3) is 4.57. The van der Waals surface area contributed by atoms with E-state index in [1.54, 1.807) is 14.0 Å². The van der Waals surface area contributed by atoms with Gasteiger partial charge in [0, 0.05) is 19.3 Å². The van der Waals surface area contributed by atoms with Gasteiger partial charge in [0.1, 0.15) is 0 Å². The van der Waals surface area contributed by atoms with Crippen LogP contribution in [0.3, 0.4) is 0 Å². The SMILES string of the molecule is CCc1ccc(N(C)C(=O)NCCC(C)C(=O)O)cc1. The number of nitrogens with one attached hydrogen (secondary N) is 1. The molecule has 0 spiro atoms. The number of amides is 2. The fourth-order valence-electron chi connectivity index (χ4n) is 1.71. The zero-order valence-corrected chi connectivity index (χ0v) is 12.2. The van der Waals surface area contributed by atoms with E-state index in [2.05, 4.69) is 12.2 Å². The number of hydrogen-bond donors (Lipinski definition) is 2. The van der Waals surface area contributed by atoms with E-state index in [0.29, 0.717) is 13.0 Å². The summed E-state index contributed by atoms with van der Waals surface area (Å²) < 4.78 is 0. The molecule has 1 aromatic carbocycles. The number of carboxylic acids is 1. The minimum absolute atomic E-state index is 0.230. The molecule has 0 saturated heterocycles. The first-order chi connectivity index (χ1) is 9.45. The number of carbonyl (C=O) groups is 2. The Kier molecular flexibility index (Phi) is 6.03. The Bertz CT molecular complexity index is 457. The fourth-order valence-corrected chi connectivity index (χ4v) is 1.71. The number of carboxylic acid groups (broad SMARTS) is 1. The largest absolute Gasteiger partial charge is 0.481 e. The number of rotatable bonds is 6. The van der Waals surface area contributed by atoms with Gasteiger partial charge >= 0.3 is 12.0 Å². The van der Waals surface area contributed by atoms with E-state index in [9.17, 15) is 9.59 Å². The first-order valence-corrected chi connectivity index (χ1v) is 6.79. The number of hydrogen-bond acceptors (Lipinski definition) is 2. The van der Waals surface area contributed by atoms with Gasteiger partial charge < -0.3 is 10.4 Å². The van der Waals surface area contributed by atoms with E-state index in [1.807, 2.05) is 24.3 Å². The summed E-state index contributed by atoms with van der Waals surface area (Å²) in [6.07, 6.45) is 1.38. The summed E-state index contributed by atoms with van der Waals surface area (Å²) in [7, 11) is 1.69. The Hall–Kier alpha value is -2.04.